The predicted octanol–water partition coefficient (Wildman–Crippen LogP) is 3.55. The Morgan fingerprint density at radius 1 is 1.11 bits per heavy atom. The van der Waals surface area contributed by atoms with Crippen LogP contribution in [-0.2, 0) is 0 Å². The summed E-state index contributed by atoms with van der Waals surface area (Å²) >= 11 is 0. The predicted molar refractivity (Wildman–Crippen MR) is 78.6 cm³/mol. The van der Waals surface area contributed by atoms with Gasteiger partial charge in [0, 0.05) is 18.1 Å². The summed E-state index contributed by atoms with van der Waals surface area (Å²) in [7, 11) is 0. The molecule has 2 aliphatic rings. The molecule has 2 fully saturated rings. The van der Waals surface area contributed by atoms with Crippen molar-refractivity contribution < 1.29 is 0 Å². The van der Waals surface area contributed by atoms with Crippen molar-refractivity contribution in [2.24, 2.45) is 11.7 Å². The Balaban J connectivity index is 1.99. The third-order valence-electron chi connectivity index (χ3n) is 5.25. The maximum atomic E-state index is 6.44. The fourth-order valence-electron chi connectivity index (χ4n) is 4.38. The van der Waals surface area contributed by atoms with E-state index in [1.165, 1.54) is 64.3 Å². The first-order chi connectivity index (χ1) is 8.77. The van der Waals surface area contributed by atoms with Crippen molar-refractivity contribution >= 4 is 0 Å². The highest BCUT2D eigenvalue weighted by Crippen LogP contribution is 2.37. The minimum Gasteiger partial charge on any atom is -0.326 e. The van der Waals surface area contributed by atoms with E-state index in [1.807, 2.05) is 0 Å². The van der Waals surface area contributed by atoms with Crippen LogP contribution in [0.4, 0.5) is 0 Å². The van der Waals surface area contributed by atoms with E-state index >= 15 is 0 Å². The fraction of sp³-hybridized carbons (Fsp3) is 1.00. The monoisotopic (exact) mass is 252 g/mol. The summed E-state index contributed by atoms with van der Waals surface area (Å²) in [6, 6.07) is 1.89. The van der Waals surface area contributed by atoms with Crippen LogP contribution in [0.25, 0.3) is 0 Å². The molecule has 18 heavy (non-hydrogen) atoms. The van der Waals surface area contributed by atoms with Crippen LogP contribution < -0.4 is 5.73 Å². The lowest BCUT2D eigenvalue weighted by Crippen LogP contribution is -2.51. The third-order valence-corrected chi connectivity index (χ3v) is 5.25. The van der Waals surface area contributed by atoms with E-state index in [-0.39, 0.29) is 0 Å². The van der Waals surface area contributed by atoms with Crippen LogP contribution in [0, 0.1) is 5.92 Å². The number of rotatable bonds is 6. The highest BCUT2D eigenvalue weighted by molar-refractivity contribution is 4.93. The Morgan fingerprint density at radius 2 is 1.83 bits per heavy atom. The standard InChI is InChI=1S/C16H32N2/c1-3-8-14(17)15(4-2)18-12-7-11-16(18)13-9-5-6-10-13/h13-16H,3-12,17H2,1-2H3. The molecule has 2 rings (SSSR count). The van der Waals surface area contributed by atoms with Gasteiger partial charge >= 0.3 is 0 Å². The molecule has 0 spiro atoms. The van der Waals surface area contributed by atoms with Gasteiger partial charge in [-0.2, -0.15) is 0 Å². The zero-order chi connectivity index (χ0) is 13.0. The summed E-state index contributed by atoms with van der Waals surface area (Å²) in [5.41, 5.74) is 6.44. The second-order valence-corrected chi connectivity index (χ2v) is 6.42. The molecule has 2 N–H and O–H groups in total. The van der Waals surface area contributed by atoms with Crippen LogP contribution in [0.5, 0.6) is 0 Å². The molecule has 1 saturated carbocycles. The van der Waals surface area contributed by atoms with Crippen LogP contribution in [0.1, 0.15) is 71.6 Å². The molecule has 2 heteroatoms. The van der Waals surface area contributed by atoms with E-state index in [2.05, 4.69) is 18.7 Å². The van der Waals surface area contributed by atoms with Gasteiger partial charge in [0.25, 0.3) is 0 Å². The lowest BCUT2D eigenvalue weighted by atomic mass is 9.92. The Bertz CT molecular complexity index is 235. The van der Waals surface area contributed by atoms with Crippen molar-refractivity contribution in [3.63, 3.8) is 0 Å². The van der Waals surface area contributed by atoms with Crippen LogP contribution >= 0.6 is 0 Å². The quantitative estimate of drug-likeness (QED) is 0.783. The van der Waals surface area contributed by atoms with Crippen molar-refractivity contribution in [2.45, 2.75) is 89.8 Å². The van der Waals surface area contributed by atoms with Gasteiger partial charge in [-0.15, -0.1) is 0 Å². The van der Waals surface area contributed by atoms with Crippen molar-refractivity contribution in [3.05, 3.63) is 0 Å². The summed E-state index contributed by atoms with van der Waals surface area (Å²) in [5, 5.41) is 0. The van der Waals surface area contributed by atoms with E-state index in [1.54, 1.807) is 0 Å². The average Bonchev–Trinajstić information content (AvgIpc) is 2.99. The molecule has 0 aromatic rings. The van der Waals surface area contributed by atoms with Gasteiger partial charge in [0.15, 0.2) is 0 Å². The van der Waals surface area contributed by atoms with E-state index < -0.39 is 0 Å². The van der Waals surface area contributed by atoms with E-state index in [9.17, 15) is 0 Å². The van der Waals surface area contributed by atoms with Crippen LogP contribution in [-0.4, -0.2) is 29.6 Å². The molecule has 1 heterocycles. The highest BCUT2D eigenvalue weighted by Gasteiger charge is 2.37. The molecule has 1 saturated heterocycles. The first kappa shape index (κ1) is 14.3. The first-order valence-electron chi connectivity index (χ1n) is 8.29. The topological polar surface area (TPSA) is 29.3 Å². The molecule has 0 radical (unpaired) electrons. The van der Waals surface area contributed by atoms with Gasteiger partial charge < -0.3 is 5.73 Å². The molecule has 2 nitrogen and oxygen atoms in total. The van der Waals surface area contributed by atoms with E-state index in [4.69, 9.17) is 5.73 Å². The summed E-state index contributed by atoms with van der Waals surface area (Å²) < 4.78 is 0. The van der Waals surface area contributed by atoms with Crippen molar-refractivity contribution in [1.82, 2.24) is 4.90 Å². The smallest absolute Gasteiger partial charge is 0.0247 e. The van der Waals surface area contributed by atoms with Crippen LogP contribution in [0.3, 0.4) is 0 Å². The molecule has 0 bridgehead atoms. The summed E-state index contributed by atoms with van der Waals surface area (Å²) in [6.45, 7) is 5.88. The Hall–Kier alpha value is -0.0800. The largest absolute Gasteiger partial charge is 0.326 e. The van der Waals surface area contributed by atoms with Crippen molar-refractivity contribution in [2.75, 3.05) is 6.54 Å². The molecule has 106 valence electrons. The van der Waals surface area contributed by atoms with Crippen LogP contribution in [0.2, 0.25) is 0 Å². The number of hydrogen-bond acceptors (Lipinski definition) is 2. The fourth-order valence-corrected chi connectivity index (χ4v) is 4.38. The molecule has 0 aromatic carbocycles. The molecular formula is C16H32N2. The third kappa shape index (κ3) is 3.08. The molecule has 0 amide bonds. The second kappa shape index (κ2) is 6.91. The first-order valence-corrected chi connectivity index (χ1v) is 8.29. The minimum absolute atomic E-state index is 0.391. The second-order valence-electron chi connectivity index (χ2n) is 6.42. The van der Waals surface area contributed by atoms with Gasteiger partial charge in [-0.05, 0) is 51.0 Å². The Kier molecular flexibility index (Phi) is 5.50. The molecule has 1 aliphatic carbocycles. The highest BCUT2D eigenvalue weighted by atomic mass is 15.2. The SMILES string of the molecule is CCCC(N)C(CC)N1CCCC1C1CCCC1. The minimum atomic E-state index is 0.391. The van der Waals surface area contributed by atoms with Gasteiger partial charge in [0.1, 0.15) is 0 Å². The number of nitrogens with two attached hydrogens (primary N) is 1. The van der Waals surface area contributed by atoms with Crippen molar-refractivity contribution in [3.8, 4) is 0 Å². The normalized spacial score (nSPS) is 29.8. The average molecular weight is 252 g/mol. The summed E-state index contributed by atoms with van der Waals surface area (Å²) in [6.07, 6.45) is 12.3. The van der Waals surface area contributed by atoms with Gasteiger partial charge in [0.05, 0.1) is 0 Å². The van der Waals surface area contributed by atoms with Gasteiger partial charge in [0.2, 0.25) is 0 Å². The lowest BCUT2D eigenvalue weighted by Gasteiger charge is -2.38. The molecule has 3 atom stereocenters. The van der Waals surface area contributed by atoms with Crippen LogP contribution in [0.15, 0.2) is 0 Å². The van der Waals surface area contributed by atoms with Gasteiger partial charge in [-0.25, -0.2) is 0 Å². The zero-order valence-corrected chi connectivity index (χ0v) is 12.4. The molecule has 1 aliphatic heterocycles. The number of nitrogens with zero attached hydrogens (tertiary/aromatic N) is 1. The summed E-state index contributed by atoms with van der Waals surface area (Å²) in [5.74, 6) is 0.982. The zero-order valence-electron chi connectivity index (χ0n) is 12.4. The van der Waals surface area contributed by atoms with E-state index in [0.717, 1.165) is 12.0 Å². The van der Waals surface area contributed by atoms with E-state index in [0.29, 0.717) is 12.1 Å². The molecular weight excluding hydrogens is 220 g/mol. The molecule has 3 unspecified atom stereocenters. The van der Waals surface area contributed by atoms with Gasteiger partial charge in [-0.3, -0.25) is 4.90 Å². The maximum Gasteiger partial charge on any atom is 0.0247 e. The Labute approximate surface area is 113 Å². The number of likely N-dealkylation sites (tertiary alicyclic amines) is 1. The summed E-state index contributed by atoms with van der Waals surface area (Å²) in [4.78, 5) is 2.80. The maximum absolute atomic E-state index is 6.44. The van der Waals surface area contributed by atoms with Gasteiger partial charge in [-0.1, -0.05) is 33.1 Å². The number of hydrogen-bond donors (Lipinski definition) is 1. The Morgan fingerprint density at radius 3 is 2.44 bits per heavy atom. The van der Waals surface area contributed by atoms with Crippen molar-refractivity contribution in [1.29, 1.82) is 0 Å². The molecule has 0 aromatic heterocycles. The lowest BCUT2D eigenvalue weighted by molar-refractivity contribution is 0.111.